The topological polar surface area (TPSA) is 119 Å². The van der Waals surface area contributed by atoms with Crippen molar-refractivity contribution in [3.05, 3.63) is 52.1 Å². The number of nitrogen functional groups attached to an aromatic ring is 1. The van der Waals surface area contributed by atoms with Crippen LogP contribution in [0.3, 0.4) is 0 Å². The van der Waals surface area contributed by atoms with Crippen LogP contribution in [0.1, 0.15) is 16.2 Å². The van der Waals surface area contributed by atoms with Crippen LogP contribution >= 0.6 is 0 Å². The number of nitrogens with zero attached hydrogens (tertiary/aromatic N) is 3. The van der Waals surface area contributed by atoms with Crippen LogP contribution in [0.4, 0.5) is 5.95 Å². The number of pyridine rings is 1. The van der Waals surface area contributed by atoms with Crippen LogP contribution < -0.4 is 16.6 Å². The average Bonchev–Trinajstić information content (AvgIpc) is 2.94. The third kappa shape index (κ3) is 2.41. The van der Waals surface area contributed by atoms with Gasteiger partial charge in [-0.1, -0.05) is 18.2 Å². The van der Waals surface area contributed by atoms with Gasteiger partial charge in [0.15, 0.2) is 0 Å². The molecule has 112 valence electrons. The second kappa shape index (κ2) is 5.32. The second-order valence-electron chi connectivity index (χ2n) is 4.80. The summed E-state index contributed by atoms with van der Waals surface area (Å²) in [6.07, 6.45) is 0. The van der Waals surface area contributed by atoms with Crippen molar-refractivity contribution >= 4 is 22.8 Å². The van der Waals surface area contributed by atoms with Gasteiger partial charge in [-0.05, 0) is 17.5 Å². The lowest BCUT2D eigenvalue weighted by molar-refractivity contribution is 0.0948. The Kier molecular flexibility index (Phi) is 3.34. The van der Waals surface area contributed by atoms with E-state index in [0.717, 1.165) is 10.9 Å². The lowest BCUT2D eigenvalue weighted by atomic mass is 10.1. The van der Waals surface area contributed by atoms with E-state index in [1.165, 1.54) is 4.57 Å². The Hall–Kier alpha value is -3.16. The molecule has 4 N–H and O–H groups in total. The minimum Gasteiger partial charge on any atom is -0.367 e. The van der Waals surface area contributed by atoms with Crippen molar-refractivity contribution in [2.24, 2.45) is 7.05 Å². The van der Waals surface area contributed by atoms with Gasteiger partial charge in [-0.3, -0.25) is 14.7 Å². The number of rotatable bonds is 3. The van der Waals surface area contributed by atoms with Crippen molar-refractivity contribution in [3.63, 3.8) is 0 Å². The van der Waals surface area contributed by atoms with Crippen LogP contribution in [0.5, 0.6) is 0 Å². The molecule has 0 fully saturated rings. The van der Waals surface area contributed by atoms with E-state index in [-0.39, 0.29) is 23.6 Å². The van der Waals surface area contributed by atoms with E-state index in [1.54, 1.807) is 13.1 Å². The second-order valence-corrected chi connectivity index (χ2v) is 4.80. The molecule has 0 radical (unpaired) electrons. The zero-order valence-corrected chi connectivity index (χ0v) is 11.8. The molecule has 8 nitrogen and oxygen atoms in total. The van der Waals surface area contributed by atoms with E-state index in [0.29, 0.717) is 5.82 Å². The monoisotopic (exact) mass is 298 g/mol. The average molecular weight is 298 g/mol. The maximum atomic E-state index is 12.3. The molecule has 3 rings (SSSR count). The van der Waals surface area contributed by atoms with Gasteiger partial charge >= 0.3 is 0 Å². The zero-order chi connectivity index (χ0) is 15.7. The molecule has 0 saturated heterocycles. The first-order chi connectivity index (χ1) is 10.6. The number of para-hydroxylation sites is 1. The molecule has 1 aromatic carbocycles. The van der Waals surface area contributed by atoms with Gasteiger partial charge in [-0.15, -0.1) is 5.10 Å². The molecular weight excluding hydrogens is 284 g/mol. The highest BCUT2D eigenvalue weighted by atomic mass is 16.2. The van der Waals surface area contributed by atoms with E-state index in [9.17, 15) is 9.59 Å². The molecule has 2 aromatic heterocycles. The first-order valence-electron chi connectivity index (χ1n) is 6.60. The molecule has 0 aliphatic heterocycles. The third-order valence-electron chi connectivity index (χ3n) is 3.34. The van der Waals surface area contributed by atoms with Crippen molar-refractivity contribution in [1.29, 1.82) is 0 Å². The Labute approximate surface area is 125 Å². The number of nitrogens with one attached hydrogen (secondary N) is 2. The van der Waals surface area contributed by atoms with Crippen molar-refractivity contribution in [2.45, 2.75) is 6.54 Å². The standard InChI is InChI=1S/C14H14N6O2/c1-20-10-5-3-2-4-8(10)6-9(13(20)22)12(21)16-7-11-17-14(15)19-18-11/h2-6H,7H2,1H3,(H,16,21)(H3,15,17,18,19). The number of carbonyl (C=O) groups is 1. The van der Waals surface area contributed by atoms with Crippen LogP contribution in [0.25, 0.3) is 10.9 Å². The molecule has 0 saturated carbocycles. The fourth-order valence-corrected chi connectivity index (χ4v) is 2.23. The Morgan fingerprint density at radius 3 is 2.91 bits per heavy atom. The fourth-order valence-electron chi connectivity index (χ4n) is 2.23. The molecule has 0 bridgehead atoms. The Morgan fingerprint density at radius 1 is 1.41 bits per heavy atom. The number of carbonyl (C=O) groups excluding carboxylic acids is 1. The Bertz CT molecular complexity index is 911. The largest absolute Gasteiger partial charge is 0.367 e. The van der Waals surface area contributed by atoms with E-state index in [1.807, 2.05) is 24.3 Å². The first kappa shape index (κ1) is 13.8. The maximum absolute atomic E-state index is 12.3. The molecule has 8 heteroatoms. The number of amides is 1. The molecule has 0 aliphatic carbocycles. The molecule has 0 aliphatic rings. The lowest BCUT2D eigenvalue weighted by Gasteiger charge is -2.08. The van der Waals surface area contributed by atoms with Crippen LogP contribution in [-0.2, 0) is 13.6 Å². The molecule has 0 unspecified atom stereocenters. The molecule has 2 heterocycles. The quantitative estimate of drug-likeness (QED) is 0.637. The van der Waals surface area contributed by atoms with Gasteiger partial charge in [0.2, 0.25) is 5.95 Å². The van der Waals surface area contributed by atoms with Gasteiger partial charge in [0.05, 0.1) is 12.1 Å². The van der Waals surface area contributed by atoms with E-state index in [4.69, 9.17) is 5.73 Å². The highest BCUT2D eigenvalue weighted by Gasteiger charge is 2.14. The number of hydrogen-bond acceptors (Lipinski definition) is 5. The molecule has 3 aromatic rings. The molecular formula is C14H14N6O2. The number of hydrogen-bond donors (Lipinski definition) is 3. The Balaban J connectivity index is 1.90. The number of aryl methyl sites for hydroxylation is 1. The van der Waals surface area contributed by atoms with E-state index >= 15 is 0 Å². The zero-order valence-electron chi connectivity index (χ0n) is 11.8. The predicted molar refractivity (Wildman–Crippen MR) is 81.2 cm³/mol. The summed E-state index contributed by atoms with van der Waals surface area (Å²) in [6.45, 7) is 0.110. The summed E-state index contributed by atoms with van der Waals surface area (Å²) in [6, 6.07) is 8.96. The number of H-pyrrole nitrogens is 1. The van der Waals surface area contributed by atoms with Crippen LogP contribution in [-0.4, -0.2) is 25.7 Å². The van der Waals surface area contributed by atoms with Gasteiger partial charge in [0.1, 0.15) is 11.4 Å². The smallest absolute Gasteiger partial charge is 0.263 e. The van der Waals surface area contributed by atoms with E-state index in [2.05, 4.69) is 20.5 Å². The Morgan fingerprint density at radius 2 is 2.18 bits per heavy atom. The first-order valence-corrected chi connectivity index (χ1v) is 6.60. The predicted octanol–water partition coefficient (Wildman–Crippen LogP) is 0.169. The molecule has 1 amide bonds. The number of aromatic nitrogens is 4. The van der Waals surface area contributed by atoms with Crippen LogP contribution in [0, 0.1) is 0 Å². The summed E-state index contributed by atoms with van der Waals surface area (Å²) in [5, 5.41) is 9.69. The van der Waals surface area contributed by atoms with E-state index < -0.39 is 5.91 Å². The summed E-state index contributed by atoms with van der Waals surface area (Å²) in [5.74, 6) is 0.0515. The minimum atomic E-state index is -0.471. The van der Waals surface area contributed by atoms with Crippen LogP contribution in [0.2, 0.25) is 0 Å². The number of aromatic amines is 1. The fraction of sp³-hybridized carbons (Fsp3) is 0.143. The highest BCUT2D eigenvalue weighted by molar-refractivity contribution is 5.97. The number of fused-ring (bicyclic) bond motifs is 1. The van der Waals surface area contributed by atoms with Crippen molar-refractivity contribution in [3.8, 4) is 0 Å². The van der Waals surface area contributed by atoms with Gasteiger partial charge in [0.25, 0.3) is 11.5 Å². The third-order valence-corrected chi connectivity index (χ3v) is 3.34. The normalized spacial score (nSPS) is 10.8. The molecule has 0 spiro atoms. The number of anilines is 1. The summed E-state index contributed by atoms with van der Waals surface area (Å²) < 4.78 is 1.46. The summed E-state index contributed by atoms with van der Waals surface area (Å²) in [4.78, 5) is 28.4. The van der Waals surface area contributed by atoms with Crippen molar-refractivity contribution in [2.75, 3.05) is 5.73 Å². The van der Waals surface area contributed by atoms with Crippen LogP contribution in [0.15, 0.2) is 35.1 Å². The van der Waals surface area contributed by atoms with Gasteiger partial charge in [-0.2, -0.15) is 4.98 Å². The molecule has 22 heavy (non-hydrogen) atoms. The lowest BCUT2D eigenvalue weighted by Crippen LogP contribution is -2.32. The molecule has 0 atom stereocenters. The minimum absolute atomic E-state index is 0.0775. The van der Waals surface area contributed by atoms with Gasteiger partial charge in [0, 0.05) is 7.05 Å². The summed E-state index contributed by atoms with van der Waals surface area (Å²) in [5.41, 5.74) is 5.88. The van der Waals surface area contributed by atoms with Gasteiger partial charge < -0.3 is 15.6 Å². The highest BCUT2D eigenvalue weighted by Crippen LogP contribution is 2.12. The summed E-state index contributed by atoms with van der Waals surface area (Å²) in [7, 11) is 1.64. The SMILES string of the molecule is Cn1c(=O)c(C(=O)NCc2nc(N)n[nH]2)cc2ccccc21. The van der Waals surface area contributed by atoms with Crippen molar-refractivity contribution < 1.29 is 4.79 Å². The van der Waals surface area contributed by atoms with Crippen molar-refractivity contribution in [1.82, 2.24) is 25.1 Å². The maximum Gasteiger partial charge on any atom is 0.263 e. The number of nitrogens with two attached hydrogens (primary N) is 1. The summed E-state index contributed by atoms with van der Waals surface area (Å²) >= 11 is 0. The van der Waals surface area contributed by atoms with Gasteiger partial charge in [-0.25, -0.2) is 0 Å². The number of benzene rings is 1.